The monoisotopic (exact) mass is 461 g/mol. The summed E-state index contributed by atoms with van der Waals surface area (Å²) in [6, 6.07) is 10.1. The molecule has 0 atom stereocenters. The Labute approximate surface area is 185 Å². The van der Waals surface area contributed by atoms with Crippen LogP contribution in [0.1, 0.15) is 25.8 Å². The van der Waals surface area contributed by atoms with E-state index in [1.54, 1.807) is 36.4 Å². The van der Waals surface area contributed by atoms with Gasteiger partial charge in [0.2, 0.25) is 11.8 Å². The highest BCUT2D eigenvalue weighted by Gasteiger charge is 2.17. The fraction of sp³-hybridized carbons (Fsp3) is 0.200. The van der Waals surface area contributed by atoms with E-state index in [9.17, 15) is 9.59 Å². The van der Waals surface area contributed by atoms with E-state index in [2.05, 4.69) is 20.6 Å². The van der Waals surface area contributed by atoms with Crippen LogP contribution in [0.4, 0.5) is 5.69 Å². The van der Waals surface area contributed by atoms with Gasteiger partial charge in [0.1, 0.15) is 0 Å². The van der Waals surface area contributed by atoms with Crippen LogP contribution in [0.5, 0.6) is 11.6 Å². The largest absolute Gasteiger partial charge is 0.434 e. The standard InChI is InChI=1S/C20H17Cl2N5O4/c1-10(2)27-19(28)13-6-4-3-5-12(13)18(26-27)31-17-14(21)7-11(8-15(17)22)23-9-16-24-25-20(29)30-16/h3-8,10,23H,9H2,1-2H3,(H,25,29). The third kappa shape index (κ3) is 4.28. The maximum atomic E-state index is 12.7. The second-order valence-corrected chi connectivity index (χ2v) is 7.74. The molecule has 11 heteroatoms. The van der Waals surface area contributed by atoms with E-state index < -0.39 is 5.76 Å². The number of anilines is 1. The average Bonchev–Trinajstić information content (AvgIpc) is 3.15. The second kappa shape index (κ2) is 8.44. The van der Waals surface area contributed by atoms with Gasteiger partial charge in [0.15, 0.2) is 5.75 Å². The molecule has 2 aromatic carbocycles. The zero-order valence-corrected chi connectivity index (χ0v) is 18.0. The molecule has 4 aromatic rings. The second-order valence-electron chi connectivity index (χ2n) is 6.93. The topological polar surface area (TPSA) is 115 Å². The van der Waals surface area contributed by atoms with Crippen molar-refractivity contribution in [3.63, 3.8) is 0 Å². The minimum atomic E-state index is -0.640. The SMILES string of the molecule is CC(C)n1nc(Oc2c(Cl)cc(NCc3n[nH]c(=O)o3)cc2Cl)c2ccccc2c1=O. The Morgan fingerprint density at radius 2 is 1.84 bits per heavy atom. The highest BCUT2D eigenvalue weighted by molar-refractivity contribution is 6.37. The van der Waals surface area contributed by atoms with Gasteiger partial charge in [-0.1, -0.05) is 35.3 Å². The van der Waals surface area contributed by atoms with Gasteiger partial charge >= 0.3 is 5.76 Å². The molecule has 0 saturated heterocycles. The molecule has 31 heavy (non-hydrogen) atoms. The molecule has 9 nitrogen and oxygen atoms in total. The first kappa shape index (κ1) is 21.0. The fourth-order valence-corrected chi connectivity index (χ4v) is 3.54. The lowest BCUT2D eigenvalue weighted by atomic mass is 10.2. The fourth-order valence-electron chi connectivity index (χ4n) is 2.97. The van der Waals surface area contributed by atoms with Crippen LogP contribution in [0.3, 0.4) is 0 Å². The van der Waals surface area contributed by atoms with Crippen molar-refractivity contribution < 1.29 is 9.15 Å². The first-order chi connectivity index (χ1) is 14.8. The minimum absolute atomic E-state index is 0.150. The summed E-state index contributed by atoms with van der Waals surface area (Å²) in [4.78, 5) is 23.7. The van der Waals surface area contributed by atoms with E-state index >= 15 is 0 Å². The number of nitrogens with one attached hydrogen (secondary N) is 2. The van der Waals surface area contributed by atoms with Crippen molar-refractivity contribution in [3.8, 4) is 11.6 Å². The predicted molar refractivity (Wildman–Crippen MR) is 117 cm³/mol. The molecular weight excluding hydrogens is 445 g/mol. The zero-order chi connectivity index (χ0) is 22.1. The number of hydrogen-bond donors (Lipinski definition) is 2. The lowest BCUT2D eigenvalue weighted by molar-refractivity contribution is 0.419. The van der Waals surface area contributed by atoms with Gasteiger partial charge in [0.05, 0.1) is 33.4 Å². The van der Waals surface area contributed by atoms with Crippen molar-refractivity contribution in [2.75, 3.05) is 5.32 Å². The Morgan fingerprint density at radius 3 is 2.45 bits per heavy atom. The smallest absolute Gasteiger partial charge is 0.434 e. The number of benzene rings is 2. The van der Waals surface area contributed by atoms with Crippen molar-refractivity contribution in [1.82, 2.24) is 20.0 Å². The molecule has 0 bridgehead atoms. The molecule has 0 amide bonds. The average molecular weight is 462 g/mol. The zero-order valence-electron chi connectivity index (χ0n) is 16.5. The third-order valence-corrected chi connectivity index (χ3v) is 4.97. The summed E-state index contributed by atoms with van der Waals surface area (Å²) in [6.07, 6.45) is 0. The van der Waals surface area contributed by atoms with Crippen LogP contribution in [0.25, 0.3) is 10.8 Å². The van der Waals surface area contributed by atoms with Crippen LogP contribution in [0.15, 0.2) is 50.4 Å². The van der Waals surface area contributed by atoms with Crippen LogP contribution in [0.2, 0.25) is 10.0 Å². The highest BCUT2D eigenvalue weighted by atomic mass is 35.5. The molecule has 0 fully saturated rings. The molecule has 0 radical (unpaired) electrons. The third-order valence-electron chi connectivity index (χ3n) is 4.41. The molecule has 2 heterocycles. The molecule has 2 N–H and O–H groups in total. The number of H-pyrrole nitrogens is 1. The number of rotatable bonds is 6. The minimum Gasteiger partial charge on any atom is -0.434 e. The Balaban J connectivity index is 1.68. The van der Waals surface area contributed by atoms with Crippen LogP contribution in [-0.2, 0) is 6.54 Å². The number of halogens is 2. The highest BCUT2D eigenvalue weighted by Crippen LogP contribution is 2.39. The van der Waals surface area contributed by atoms with Gasteiger partial charge in [-0.05, 0) is 38.1 Å². The van der Waals surface area contributed by atoms with E-state index in [1.807, 2.05) is 13.8 Å². The van der Waals surface area contributed by atoms with Crippen LogP contribution >= 0.6 is 23.2 Å². The first-order valence-electron chi connectivity index (χ1n) is 9.30. The molecule has 0 aliphatic rings. The van der Waals surface area contributed by atoms with Gasteiger partial charge in [0, 0.05) is 5.69 Å². The summed E-state index contributed by atoms with van der Waals surface area (Å²) in [7, 11) is 0. The normalized spacial score (nSPS) is 11.3. The quantitative estimate of drug-likeness (QED) is 0.437. The van der Waals surface area contributed by atoms with Crippen molar-refractivity contribution in [3.05, 3.63) is 73.2 Å². The lowest BCUT2D eigenvalue weighted by Crippen LogP contribution is -2.25. The van der Waals surface area contributed by atoms with Crippen molar-refractivity contribution >= 4 is 39.7 Å². The van der Waals surface area contributed by atoms with Crippen molar-refractivity contribution in [1.29, 1.82) is 0 Å². The number of fused-ring (bicyclic) bond motifs is 1. The molecule has 0 aliphatic heterocycles. The molecule has 4 rings (SSSR count). The van der Waals surface area contributed by atoms with E-state index in [0.717, 1.165) is 0 Å². The summed E-state index contributed by atoms with van der Waals surface area (Å²) in [6.45, 7) is 3.86. The Hall–Kier alpha value is -3.30. The van der Waals surface area contributed by atoms with E-state index in [1.165, 1.54) is 4.68 Å². The van der Waals surface area contributed by atoms with Gasteiger partial charge in [-0.2, -0.15) is 0 Å². The predicted octanol–water partition coefficient (Wildman–Crippen LogP) is 4.36. The molecule has 0 saturated carbocycles. The maximum absolute atomic E-state index is 12.7. The molecular formula is C20H17Cl2N5O4. The first-order valence-corrected chi connectivity index (χ1v) is 10.1. The molecule has 0 spiro atoms. The number of aromatic nitrogens is 4. The Morgan fingerprint density at radius 1 is 1.16 bits per heavy atom. The van der Waals surface area contributed by atoms with Gasteiger partial charge in [-0.3, -0.25) is 4.79 Å². The van der Waals surface area contributed by atoms with Crippen LogP contribution in [-0.4, -0.2) is 20.0 Å². The Bertz CT molecular complexity index is 1350. The van der Waals surface area contributed by atoms with Crippen molar-refractivity contribution in [2.45, 2.75) is 26.4 Å². The van der Waals surface area contributed by atoms with Gasteiger partial charge in [-0.15, -0.1) is 10.2 Å². The Kier molecular flexibility index (Phi) is 5.71. The molecule has 0 aliphatic carbocycles. The number of nitrogens with zero attached hydrogens (tertiary/aromatic N) is 3. The van der Waals surface area contributed by atoms with Gasteiger partial charge in [-0.25, -0.2) is 14.6 Å². The van der Waals surface area contributed by atoms with Gasteiger partial charge < -0.3 is 14.5 Å². The van der Waals surface area contributed by atoms with Crippen LogP contribution < -0.4 is 21.4 Å². The number of ether oxygens (including phenoxy) is 1. The van der Waals surface area contributed by atoms with E-state index in [4.69, 9.17) is 32.4 Å². The molecule has 2 aromatic heterocycles. The van der Waals surface area contributed by atoms with Crippen molar-refractivity contribution in [2.24, 2.45) is 0 Å². The van der Waals surface area contributed by atoms with Crippen LogP contribution in [0, 0.1) is 0 Å². The van der Waals surface area contributed by atoms with E-state index in [0.29, 0.717) is 16.5 Å². The number of aromatic amines is 1. The summed E-state index contributed by atoms with van der Waals surface area (Å²) < 4.78 is 12.2. The molecule has 160 valence electrons. The van der Waals surface area contributed by atoms with Gasteiger partial charge in [0.25, 0.3) is 5.56 Å². The summed E-state index contributed by atoms with van der Waals surface area (Å²) in [5.74, 6) is -0.0400. The summed E-state index contributed by atoms with van der Waals surface area (Å²) in [5.41, 5.74) is 0.359. The summed E-state index contributed by atoms with van der Waals surface area (Å²) >= 11 is 12.8. The van der Waals surface area contributed by atoms with E-state index in [-0.39, 0.29) is 45.7 Å². The lowest BCUT2D eigenvalue weighted by Gasteiger charge is -2.16. The summed E-state index contributed by atoms with van der Waals surface area (Å²) in [5, 5.41) is 14.8. The molecule has 0 unspecified atom stereocenters. The number of hydrogen-bond acceptors (Lipinski definition) is 7. The maximum Gasteiger partial charge on any atom is 0.434 e.